The van der Waals surface area contributed by atoms with Crippen LogP contribution in [0.4, 0.5) is 17.1 Å². The molecule has 3 rings (SSSR count). The van der Waals surface area contributed by atoms with Crippen LogP contribution in [0.5, 0.6) is 0 Å². The van der Waals surface area contributed by atoms with Gasteiger partial charge in [-0.1, -0.05) is 104 Å². The quantitative estimate of drug-likeness (QED) is 0.0789. The van der Waals surface area contributed by atoms with Crippen molar-refractivity contribution >= 4 is 28.7 Å². The van der Waals surface area contributed by atoms with Gasteiger partial charge in [-0.2, -0.15) is 0 Å². The van der Waals surface area contributed by atoms with Gasteiger partial charge < -0.3 is 20.4 Å². The van der Waals surface area contributed by atoms with Gasteiger partial charge >= 0.3 is 0 Å². The highest BCUT2D eigenvalue weighted by Crippen LogP contribution is 2.23. The molecule has 0 bridgehead atoms. The highest BCUT2D eigenvalue weighted by Gasteiger charge is 2.23. The average molecular weight is 668 g/mol. The normalized spacial score (nSPS) is 16.7. The molecule has 2 aromatic carbocycles. The predicted molar refractivity (Wildman–Crippen MR) is 216 cm³/mol. The van der Waals surface area contributed by atoms with Gasteiger partial charge in [-0.05, 0) is 73.4 Å². The molecule has 2 N–H and O–H groups in total. The van der Waals surface area contributed by atoms with Crippen molar-refractivity contribution in [3.63, 3.8) is 0 Å². The minimum absolute atomic E-state index is 0.626. The molecular formula is C42H65N7. The molecule has 7 nitrogen and oxygen atoms in total. The Balaban J connectivity index is 1.94. The average Bonchev–Trinajstić information content (AvgIpc) is 3.12. The number of anilines is 3. The first-order valence-corrected chi connectivity index (χ1v) is 18.7. The maximum absolute atomic E-state index is 5.02. The summed E-state index contributed by atoms with van der Waals surface area (Å²) in [5, 5.41) is 7.49. The SMILES string of the molecule is C=C1/C=C\C=C/N=C(CN(CNc2ccccc2NCCC(C)CC)CC(=NC)N(CCC(C)CC)c2ccccc2)N1CCC(C)CC. The van der Waals surface area contributed by atoms with Gasteiger partial charge in [0.15, 0.2) is 0 Å². The van der Waals surface area contributed by atoms with Crippen molar-refractivity contribution < 1.29 is 0 Å². The van der Waals surface area contributed by atoms with Gasteiger partial charge in [0.25, 0.3) is 0 Å². The van der Waals surface area contributed by atoms with Crippen molar-refractivity contribution in [3.05, 3.63) is 91.3 Å². The topological polar surface area (TPSA) is 58.5 Å². The Hall–Kier alpha value is -3.84. The molecule has 0 amide bonds. The summed E-state index contributed by atoms with van der Waals surface area (Å²) in [5.74, 6) is 4.01. The monoisotopic (exact) mass is 668 g/mol. The molecule has 0 aromatic heterocycles. The molecule has 0 saturated heterocycles. The third kappa shape index (κ3) is 13.5. The maximum atomic E-state index is 5.02. The Kier molecular flexibility index (Phi) is 17.8. The molecular weight excluding hydrogens is 603 g/mol. The van der Waals surface area contributed by atoms with E-state index in [0.29, 0.717) is 37.5 Å². The lowest BCUT2D eigenvalue weighted by atomic mass is 10.0. The van der Waals surface area contributed by atoms with E-state index in [1.807, 2.05) is 25.4 Å². The zero-order valence-electron chi connectivity index (χ0n) is 31.7. The highest BCUT2D eigenvalue weighted by molar-refractivity contribution is 5.99. The van der Waals surface area contributed by atoms with Gasteiger partial charge in [0.1, 0.15) is 11.7 Å². The second-order valence-electron chi connectivity index (χ2n) is 13.7. The lowest BCUT2D eigenvalue weighted by molar-refractivity contribution is 0.352. The Morgan fingerprint density at radius 1 is 0.837 bits per heavy atom. The van der Waals surface area contributed by atoms with Crippen LogP contribution >= 0.6 is 0 Å². The van der Waals surface area contributed by atoms with Gasteiger partial charge in [-0.25, -0.2) is 4.99 Å². The van der Waals surface area contributed by atoms with Crippen LogP contribution in [0.3, 0.4) is 0 Å². The molecule has 0 radical (unpaired) electrons. The predicted octanol–water partition coefficient (Wildman–Crippen LogP) is 9.91. The number of hydrogen-bond acceptors (Lipinski definition) is 6. The number of hydrogen-bond donors (Lipinski definition) is 2. The van der Waals surface area contributed by atoms with Crippen LogP contribution < -0.4 is 15.5 Å². The van der Waals surface area contributed by atoms with Crippen LogP contribution in [0.1, 0.15) is 80.1 Å². The second kappa shape index (κ2) is 22.0. The Morgan fingerprint density at radius 3 is 2.14 bits per heavy atom. The van der Waals surface area contributed by atoms with E-state index in [0.717, 1.165) is 74.1 Å². The van der Waals surface area contributed by atoms with Crippen molar-refractivity contribution in [3.8, 4) is 0 Å². The molecule has 1 aliphatic heterocycles. The number of amidine groups is 2. The van der Waals surface area contributed by atoms with Crippen LogP contribution in [0, 0.1) is 17.8 Å². The molecule has 3 unspecified atom stereocenters. The maximum Gasteiger partial charge on any atom is 0.123 e. The Bertz CT molecular complexity index is 1360. The number of para-hydroxylation sites is 3. The summed E-state index contributed by atoms with van der Waals surface area (Å²) in [6, 6.07) is 19.3. The number of allylic oxidation sites excluding steroid dienone is 3. The van der Waals surface area contributed by atoms with Crippen molar-refractivity contribution in [2.45, 2.75) is 80.1 Å². The molecule has 1 aliphatic rings. The number of aliphatic imine (C=N–C) groups is 2. The van der Waals surface area contributed by atoms with Crippen molar-refractivity contribution in [2.75, 3.05) is 62.0 Å². The lowest BCUT2D eigenvalue weighted by Crippen LogP contribution is -2.47. The molecule has 7 heteroatoms. The van der Waals surface area contributed by atoms with E-state index in [1.54, 1.807) is 0 Å². The molecule has 268 valence electrons. The van der Waals surface area contributed by atoms with Crippen LogP contribution in [-0.4, -0.2) is 67.9 Å². The van der Waals surface area contributed by atoms with Crippen molar-refractivity contribution in [2.24, 2.45) is 27.7 Å². The molecule has 1 heterocycles. The van der Waals surface area contributed by atoms with E-state index in [9.17, 15) is 0 Å². The summed E-state index contributed by atoms with van der Waals surface area (Å²) in [4.78, 5) is 17.1. The summed E-state index contributed by atoms with van der Waals surface area (Å²) in [5.41, 5.74) is 4.38. The molecule has 2 aromatic rings. The summed E-state index contributed by atoms with van der Waals surface area (Å²) < 4.78 is 0. The molecule has 0 aliphatic carbocycles. The largest absolute Gasteiger partial charge is 0.383 e. The zero-order valence-corrected chi connectivity index (χ0v) is 31.7. The fraction of sp³-hybridized carbons (Fsp3) is 0.524. The van der Waals surface area contributed by atoms with Crippen LogP contribution in [0.25, 0.3) is 0 Å². The lowest BCUT2D eigenvalue weighted by Gasteiger charge is -2.34. The highest BCUT2D eigenvalue weighted by atomic mass is 15.3. The van der Waals surface area contributed by atoms with Crippen LogP contribution in [0.15, 0.2) is 101 Å². The van der Waals surface area contributed by atoms with Crippen LogP contribution in [-0.2, 0) is 0 Å². The molecule has 49 heavy (non-hydrogen) atoms. The summed E-state index contributed by atoms with van der Waals surface area (Å²) in [7, 11) is 1.93. The summed E-state index contributed by atoms with van der Waals surface area (Å²) >= 11 is 0. The zero-order chi connectivity index (χ0) is 35.4. The fourth-order valence-electron chi connectivity index (χ4n) is 5.68. The third-order valence-electron chi connectivity index (χ3n) is 9.89. The molecule has 0 spiro atoms. The smallest absolute Gasteiger partial charge is 0.123 e. The van der Waals surface area contributed by atoms with Gasteiger partial charge in [0.05, 0.1) is 31.1 Å². The third-order valence-corrected chi connectivity index (χ3v) is 9.89. The number of nitrogens with one attached hydrogen (secondary N) is 2. The van der Waals surface area contributed by atoms with Crippen molar-refractivity contribution in [1.82, 2.24) is 9.80 Å². The van der Waals surface area contributed by atoms with Crippen LogP contribution in [0.2, 0.25) is 0 Å². The van der Waals surface area contributed by atoms with E-state index >= 15 is 0 Å². The first-order chi connectivity index (χ1) is 23.8. The standard InChI is InChI=1S/C42H65N7/c1-9-34(4)24-28-44-39-22-15-16-23-40(39)46-33-47(32-42-45-27-18-17-19-37(7)48(42)29-25-35(5)10-2)31-41(43-8)49(30-26-36(6)11-3)38-20-13-12-14-21-38/h12-23,27,34-36,44,46H,7,9-11,24-26,28-33H2,1-6,8H3/b19-17-,27-18-,43-41?,45-42?. The van der Waals surface area contributed by atoms with Crippen molar-refractivity contribution in [1.29, 1.82) is 0 Å². The fourth-order valence-corrected chi connectivity index (χ4v) is 5.68. The minimum Gasteiger partial charge on any atom is -0.383 e. The second-order valence-corrected chi connectivity index (χ2v) is 13.7. The van der Waals surface area contributed by atoms with Gasteiger partial charge in [0, 0.05) is 44.3 Å². The minimum atomic E-state index is 0.626. The number of rotatable bonds is 21. The Labute approximate surface area is 299 Å². The van der Waals surface area contributed by atoms with E-state index < -0.39 is 0 Å². The first-order valence-electron chi connectivity index (χ1n) is 18.7. The number of benzene rings is 2. The molecule has 3 atom stereocenters. The van der Waals surface area contributed by atoms with Gasteiger partial charge in [-0.15, -0.1) is 0 Å². The van der Waals surface area contributed by atoms with E-state index in [1.165, 1.54) is 18.5 Å². The first kappa shape index (κ1) is 39.6. The summed E-state index contributed by atoms with van der Waals surface area (Å²) in [6.07, 6.45) is 14.9. The number of nitrogens with zero attached hydrogens (tertiary/aromatic N) is 5. The molecule has 0 fully saturated rings. The van der Waals surface area contributed by atoms with E-state index in [4.69, 9.17) is 9.98 Å². The van der Waals surface area contributed by atoms with E-state index in [-0.39, 0.29) is 0 Å². The summed E-state index contributed by atoms with van der Waals surface area (Å²) in [6.45, 7) is 22.9. The Morgan fingerprint density at radius 2 is 1.47 bits per heavy atom. The van der Waals surface area contributed by atoms with Gasteiger partial charge in [-0.3, -0.25) is 9.89 Å². The van der Waals surface area contributed by atoms with E-state index in [2.05, 4.69) is 134 Å². The molecule has 0 saturated carbocycles. The van der Waals surface area contributed by atoms with Gasteiger partial charge in [0.2, 0.25) is 0 Å².